The van der Waals surface area contributed by atoms with Crippen LogP contribution in [0.5, 0.6) is 0 Å². The molecular formula is C15H23N3O. The van der Waals surface area contributed by atoms with Crippen molar-refractivity contribution in [1.29, 1.82) is 0 Å². The average Bonchev–Trinajstić information content (AvgIpc) is 2.40. The fourth-order valence-corrected chi connectivity index (χ4v) is 2.55. The van der Waals surface area contributed by atoms with Gasteiger partial charge in [-0.25, -0.2) is 0 Å². The van der Waals surface area contributed by atoms with Gasteiger partial charge < -0.3 is 16.0 Å². The summed E-state index contributed by atoms with van der Waals surface area (Å²) in [6, 6.07) is 9.69. The van der Waals surface area contributed by atoms with Crippen molar-refractivity contribution in [2.24, 2.45) is 5.73 Å². The number of likely N-dealkylation sites (tertiary alicyclic amines) is 1. The highest BCUT2D eigenvalue weighted by Gasteiger charge is 2.21. The Hall–Kier alpha value is -1.39. The van der Waals surface area contributed by atoms with E-state index in [1.54, 1.807) is 0 Å². The van der Waals surface area contributed by atoms with Crippen LogP contribution in [-0.4, -0.2) is 43.0 Å². The minimum Gasteiger partial charge on any atom is -0.351 e. The van der Waals surface area contributed by atoms with E-state index < -0.39 is 6.04 Å². The van der Waals surface area contributed by atoms with E-state index >= 15 is 0 Å². The predicted octanol–water partition coefficient (Wildman–Crippen LogP) is 0.767. The molecule has 1 saturated heterocycles. The zero-order valence-corrected chi connectivity index (χ0v) is 11.5. The van der Waals surface area contributed by atoms with Crippen molar-refractivity contribution in [2.45, 2.75) is 31.3 Å². The number of hydrogen-bond donors (Lipinski definition) is 2. The van der Waals surface area contributed by atoms with Gasteiger partial charge in [0, 0.05) is 12.6 Å². The number of hydrogen-bond acceptors (Lipinski definition) is 3. The molecule has 19 heavy (non-hydrogen) atoms. The standard InChI is InChI=1S/C15H23N3O/c1-18-9-5-8-13(11-18)17-15(19)14(16)10-12-6-3-2-4-7-12/h2-4,6-7,13-14H,5,8-11,16H2,1H3,(H,17,19). The topological polar surface area (TPSA) is 58.4 Å². The molecule has 1 aliphatic heterocycles. The first-order valence-electron chi connectivity index (χ1n) is 6.93. The van der Waals surface area contributed by atoms with Crippen LogP contribution in [0.3, 0.4) is 0 Å². The van der Waals surface area contributed by atoms with Gasteiger partial charge in [0.15, 0.2) is 0 Å². The molecule has 2 rings (SSSR count). The molecule has 1 aromatic rings. The highest BCUT2D eigenvalue weighted by Crippen LogP contribution is 2.08. The van der Waals surface area contributed by atoms with Crippen molar-refractivity contribution in [3.63, 3.8) is 0 Å². The fraction of sp³-hybridized carbons (Fsp3) is 0.533. The molecule has 104 valence electrons. The second-order valence-corrected chi connectivity index (χ2v) is 5.41. The van der Waals surface area contributed by atoms with Crippen LogP contribution in [0.2, 0.25) is 0 Å². The Morgan fingerprint density at radius 1 is 1.47 bits per heavy atom. The summed E-state index contributed by atoms with van der Waals surface area (Å²) in [6.07, 6.45) is 2.78. The molecule has 1 aromatic carbocycles. The van der Waals surface area contributed by atoms with Crippen LogP contribution in [0, 0.1) is 0 Å². The summed E-state index contributed by atoms with van der Waals surface area (Å²) in [5.74, 6) is -0.0378. The summed E-state index contributed by atoms with van der Waals surface area (Å²) >= 11 is 0. The predicted molar refractivity (Wildman–Crippen MR) is 76.8 cm³/mol. The summed E-state index contributed by atoms with van der Waals surface area (Å²) < 4.78 is 0. The van der Waals surface area contributed by atoms with Gasteiger partial charge in [0.2, 0.25) is 5.91 Å². The number of carbonyl (C=O) groups is 1. The molecule has 1 amide bonds. The summed E-state index contributed by atoms with van der Waals surface area (Å²) in [6.45, 7) is 2.03. The van der Waals surface area contributed by atoms with Crippen LogP contribution in [-0.2, 0) is 11.2 Å². The first-order chi connectivity index (χ1) is 9.15. The number of benzene rings is 1. The Kier molecular flexibility index (Phi) is 4.93. The molecule has 2 unspecified atom stereocenters. The third-order valence-electron chi connectivity index (χ3n) is 3.61. The molecule has 0 radical (unpaired) electrons. The van der Waals surface area contributed by atoms with Gasteiger partial charge in [-0.1, -0.05) is 30.3 Å². The number of carbonyl (C=O) groups excluding carboxylic acids is 1. The van der Waals surface area contributed by atoms with Crippen molar-refractivity contribution in [2.75, 3.05) is 20.1 Å². The molecule has 1 heterocycles. The van der Waals surface area contributed by atoms with Gasteiger partial charge in [-0.3, -0.25) is 4.79 Å². The number of nitrogens with one attached hydrogen (secondary N) is 1. The van der Waals surface area contributed by atoms with E-state index in [-0.39, 0.29) is 11.9 Å². The first-order valence-corrected chi connectivity index (χ1v) is 6.93. The van der Waals surface area contributed by atoms with Crippen LogP contribution < -0.4 is 11.1 Å². The van der Waals surface area contributed by atoms with E-state index in [4.69, 9.17) is 5.73 Å². The largest absolute Gasteiger partial charge is 0.351 e. The highest BCUT2D eigenvalue weighted by molar-refractivity contribution is 5.82. The van der Waals surface area contributed by atoms with Crippen molar-refractivity contribution in [3.05, 3.63) is 35.9 Å². The number of nitrogens with zero attached hydrogens (tertiary/aromatic N) is 1. The Morgan fingerprint density at radius 2 is 2.21 bits per heavy atom. The van der Waals surface area contributed by atoms with Crippen LogP contribution in [0.25, 0.3) is 0 Å². The molecular weight excluding hydrogens is 238 g/mol. The number of amides is 1. The lowest BCUT2D eigenvalue weighted by molar-refractivity contribution is -0.123. The number of piperidine rings is 1. The second kappa shape index (κ2) is 6.68. The number of nitrogens with two attached hydrogens (primary N) is 1. The SMILES string of the molecule is CN1CCCC(NC(=O)C(N)Cc2ccccc2)C1. The van der Waals surface area contributed by atoms with Gasteiger partial charge in [0.05, 0.1) is 6.04 Å². The molecule has 0 aromatic heterocycles. The summed E-state index contributed by atoms with van der Waals surface area (Å²) in [5.41, 5.74) is 7.08. The molecule has 0 saturated carbocycles. The molecule has 0 spiro atoms. The third kappa shape index (κ3) is 4.33. The lowest BCUT2D eigenvalue weighted by atomic mass is 10.0. The monoisotopic (exact) mass is 261 g/mol. The molecule has 1 aliphatic rings. The molecule has 4 heteroatoms. The lowest BCUT2D eigenvalue weighted by Gasteiger charge is -2.30. The third-order valence-corrected chi connectivity index (χ3v) is 3.61. The van der Waals surface area contributed by atoms with Gasteiger partial charge >= 0.3 is 0 Å². The number of likely N-dealkylation sites (N-methyl/N-ethyl adjacent to an activating group) is 1. The zero-order chi connectivity index (χ0) is 13.7. The van der Waals surface area contributed by atoms with Crippen molar-refractivity contribution in [1.82, 2.24) is 10.2 Å². The first kappa shape index (κ1) is 14.0. The van der Waals surface area contributed by atoms with E-state index in [0.29, 0.717) is 6.42 Å². The Morgan fingerprint density at radius 3 is 2.89 bits per heavy atom. The normalized spacial score (nSPS) is 21.9. The Bertz CT molecular complexity index is 407. The van der Waals surface area contributed by atoms with Crippen molar-refractivity contribution < 1.29 is 4.79 Å². The van der Waals surface area contributed by atoms with Crippen LogP contribution in [0.4, 0.5) is 0 Å². The summed E-state index contributed by atoms with van der Waals surface area (Å²) in [4.78, 5) is 14.3. The highest BCUT2D eigenvalue weighted by atomic mass is 16.2. The lowest BCUT2D eigenvalue weighted by Crippen LogP contribution is -2.51. The maximum Gasteiger partial charge on any atom is 0.237 e. The zero-order valence-electron chi connectivity index (χ0n) is 11.5. The smallest absolute Gasteiger partial charge is 0.237 e. The quantitative estimate of drug-likeness (QED) is 0.841. The van der Waals surface area contributed by atoms with Gasteiger partial charge in [0.1, 0.15) is 0 Å². The maximum absolute atomic E-state index is 12.1. The van der Waals surface area contributed by atoms with Crippen LogP contribution in [0.15, 0.2) is 30.3 Å². The van der Waals surface area contributed by atoms with Crippen LogP contribution >= 0.6 is 0 Å². The van der Waals surface area contributed by atoms with Gasteiger partial charge in [-0.05, 0) is 38.4 Å². The second-order valence-electron chi connectivity index (χ2n) is 5.41. The fourth-order valence-electron chi connectivity index (χ4n) is 2.55. The molecule has 0 bridgehead atoms. The molecule has 0 aliphatic carbocycles. The molecule has 3 N–H and O–H groups in total. The van der Waals surface area contributed by atoms with Gasteiger partial charge in [-0.15, -0.1) is 0 Å². The Labute approximate surface area is 115 Å². The van der Waals surface area contributed by atoms with Gasteiger partial charge in [0.25, 0.3) is 0 Å². The van der Waals surface area contributed by atoms with Crippen LogP contribution in [0.1, 0.15) is 18.4 Å². The molecule has 4 nitrogen and oxygen atoms in total. The molecule has 2 atom stereocenters. The number of rotatable bonds is 4. The summed E-state index contributed by atoms with van der Waals surface area (Å²) in [7, 11) is 2.09. The van der Waals surface area contributed by atoms with E-state index in [1.165, 1.54) is 0 Å². The molecule has 1 fully saturated rings. The van der Waals surface area contributed by atoms with E-state index in [9.17, 15) is 4.79 Å². The average molecular weight is 261 g/mol. The van der Waals surface area contributed by atoms with Crippen molar-refractivity contribution in [3.8, 4) is 0 Å². The summed E-state index contributed by atoms with van der Waals surface area (Å²) in [5, 5.41) is 3.06. The minimum absolute atomic E-state index is 0.0378. The minimum atomic E-state index is -0.463. The van der Waals surface area contributed by atoms with E-state index in [1.807, 2.05) is 30.3 Å². The van der Waals surface area contributed by atoms with Gasteiger partial charge in [-0.2, -0.15) is 0 Å². The van der Waals surface area contributed by atoms with E-state index in [0.717, 1.165) is 31.5 Å². The van der Waals surface area contributed by atoms with E-state index in [2.05, 4.69) is 17.3 Å². The maximum atomic E-state index is 12.1. The van der Waals surface area contributed by atoms with Crippen molar-refractivity contribution >= 4 is 5.91 Å². The Balaban J connectivity index is 1.82.